The standard InChI is InChI=1S/C21H26N4O3/c1-16(17-9-4-3-5-10-17)24(2)19(26)15-28-20(27)18-11-6-7-14-25(18)21-22-12-8-13-23-21/h3-5,8-10,12-13,16,18H,6-7,11,14-15H2,1-2H3. The topological polar surface area (TPSA) is 75.6 Å². The Morgan fingerprint density at radius 2 is 1.89 bits per heavy atom. The summed E-state index contributed by atoms with van der Waals surface area (Å²) in [5.74, 6) is -0.116. The van der Waals surface area contributed by atoms with Gasteiger partial charge in [-0.3, -0.25) is 4.79 Å². The number of esters is 1. The minimum absolute atomic E-state index is 0.101. The van der Waals surface area contributed by atoms with E-state index in [9.17, 15) is 9.59 Å². The van der Waals surface area contributed by atoms with E-state index in [0.29, 0.717) is 18.9 Å². The number of hydrogen-bond donors (Lipinski definition) is 0. The van der Waals surface area contributed by atoms with Gasteiger partial charge in [-0.2, -0.15) is 0 Å². The van der Waals surface area contributed by atoms with Crippen molar-refractivity contribution in [1.82, 2.24) is 14.9 Å². The summed E-state index contributed by atoms with van der Waals surface area (Å²) in [5.41, 5.74) is 1.03. The zero-order chi connectivity index (χ0) is 19.9. The summed E-state index contributed by atoms with van der Waals surface area (Å²) >= 11 is 0. The van der Waals surface area contributed by atoms with Gasteiger partial charge in [0, 0.05) is 26.0 Å². The number of amides is 1. The Balaban J connectivity index is 1.58. The van der Waals surface area contributed by atoms with Crippen LogP contribution in [0.15, 0.2) is 48.8 Å². The molecular weight excluding hydrogens is 356 g/mol. The number of carbonyl (C=O) groups excluding carboxylic acids is 2. The zero-order valence-electron chi connectivity index (χ0n) is 16.3. The summed E-state index contributed by atoms with van der Waals surface area (Å²) < 4.78 is 5.37. The second kappa shape index (κ2) is 9.30. The van der Waals surface area contributed by atoms with Gasteiger partial charge in [-0.15, -0.1) is 0 Å². The second-order valence-corrected chi connectivity index (χ2v) is 6.95. The summed E-state index contributed by atoms with van der Waals surface area (Å²) in [6.45, 7) is 2.37. The van der Waals surface area contributed by atoms with Crippen molar-refractivity contribution in [3.8, 4) is 0 Å². The molecule has 1 saturated heterocycles. The van der Waals surface area contributed by atoms with Crippen LogP contribution < -0.4 is 4.90 Å². The van der Waals surface area contributed by atoms with Gasteiger partial charge in [0.05, 0.1) is 6.04 Å². The lowest BCUT2D eigenvalue weighted by Crippen LogP contribution is -2.47. The molecule has 1 aromatic carbocycles. The molecule has 3 rings (SSSR count). The molecule has 0 N–H and O–H groups in total. The van der Waals surface area contributed by atoms with Gasteiger partial charge in [-0.05, 0) is 37.8 Å². The molecule has 148 valence electrons. The summed E-state index contributed by atoms with van der Waals surface area (Å²) in [6, 6.07) is 10.9. The van der Waals surface area contributed by atoms with Crippen molar-refractivity contribution in [2.24, 2.45) is 0 Å². The monoisotopic (exact) mass is 382 g/mol. The van der Waals surface area contributed by atoms with E-state index < -0.39 is 12.0 Å². The lowest BCUT2D eigenvalue weighted by atomic mass is 10.0. The molecule has 2 atom stereocenters. The molecule has 1 aliphatic rings. The van der Waals surface area contributed by atoms with E-state index in [1.807, 2.05) is 42.2 Å². The number of ether oxygens (including phenoxy) is 1. The highest BCUT2D eigenvalue weighted by atomic mass is 16.5. The van der Waals surface area contributed by atoms with Crippen molar-refractivity contribution >= 4 is 17.8 Å². The third-order valence-electron chi connectivity index (χ3n) is 5.18. The van der Waals surface area contributed by atoms with Gasteiger partial charge in [-0.1, -0.05) is 30.3 Å². The number of likely N-dealkylation sites (N-methyl/N-ethyl adjacent to an activating group) is 1. The molecule has 28 heavy (non-hydrogen) atoms. The second-order valence-electron chi connectivity index (χ2n) is 6.95. The van der Waals surface area contributed by atoms with E-state index in [4.69, 9.17) is 4.74 Å². The number of carbonyl (C=O) groups is 2. The van der Waals surface area contributed by atoms with Crippen LogP contribution in [0.25, 0.3) is 0 Å². The molecule has 2 unspecified atom stereocenters. The Hall–Kier alpha value is -2.96. The fraction of sp³-hybridized carbons (Fsp3) is 0.429. The predicted molar refractivity (Wildman–Crippen MR) is 106 cm³/mol. The van der Waals surface area contributed by atoms with Crippen LogP contribution in [0.1, 0.15) is 37.8 Å². The fourth-order valence-electron chi connectivity index (χ4n) is 3.36. The van der Waals surface area contributed by atoms with Crippen molar-refractivity contribution in [3.63, 3.8) is 0 Å². The SMILES string of the molecule is CC(c1ccccc1)N(C)C(=O)COC(=O)C1CCCCN1c1ncccn1. The average molecular weight is 382 g/mol. The average Bonchev–Trinajstić information content (AvgIpc) is 2.77. The molecular formula is C21H26N4O3. The molecule has 1 aromatic heterocycles. The number of anilines is 1. The first-order chi connectivity index (χ1) is 13.6. The van der Waals surface area contributed by atoms with Crippen LogP contribution >= 0.6 is 0 Å². The molecule has 0 saturated carbocycles. The molecule has 1 amide bonds. The van der Waals surface area contributed by atoms with E-state index >= 15 is 0 Å². The summed E-state index contributed by atoms with van der Waals surface area (Å²) in [5, 5.41) is 0. The molecule has 7 heteroatoms. The van der Waals surface area contributed by atoms with E-state index in [1.54, 1.807) is 30.4 Å². The highest BCUT2D eigenvalue weighted by Gasteiger charge is 2.32. The number of aromatic nitrogens is 2. The maximum absolute atomic E-state index is 12.7. The number of rotatable bonds is 6. The van der Waals surface area contributed by atoms with Crippen molar-refractivity contribution in [3.05, 3.63) is 54.4 Å². The van der Waals surface area contributed by atoms with Gasteiger partial charge in [-0.25, -0.2) is 14.8 Å². The molecule has 1 fully saturated rings. The van der Waals surface area contributed by atoms with Gasteiger partial charge < -0.3 is 14.5 Å². The normalized spacial score (nSPS) is 17.6. The van der Waals surface area contributed by atoms with Crippen LogP contribution in [0.3, 0.4) is 0 Å². The maximum Gasteiger partial charge on any atom is 0.329 e. The van der Waals surface area contributed by atoms with Crippen molar-refractivity contribution in [2.75, 3.05) is 25.1 Å². The van der Waals surface area contributed by atoms with Gasteiger partial charge >= 0.3 is 5.97 Å². The maximum atomic E-state index is 12.7. The quantitative estimate of drug-likeness (QED) is 0.715. The van der Waals surface area contributed by atoms with Crippen LogP contribution in [0.4, 0.5) is 5.95 Å². The molecule has 0 radical (unpaired) electrons. The smallest absolute Gasteiger partial charge is 0.329 e. The molecule has 0 aliphatic carbocycles. The molecule has 2 heterocycles. The van der Waals surface area contributed by atoms with Crippen LogP contribution in [0.5, 0.6) is 0 Å². The Kier molecular flexibility index (Phi) is 6.57. The van der Waals surface area contributed by atoms with Gasteiger partial charge in [0.2, 0.25) is 5.95 Å². The lowest BCUT2D eigenvalue weighted by Gasteiger charge is -2.34. The molecule has 1 aliphatic heterocycles. The highest BCUT2D eigenvalue weighted by molar-refractivity contribution is 5.84. The zero-order valence-corrected chi connectivity index (χ0v) is 16.3. The van der Waals surface area contributed by atoms with Gasteiger partial charge in [0.25, 0.3) is 5.91 Å². The van der Waals surface area contributed by atoms with Crippen LogP contribution in [0, 0.1) is 0 Å². The Bertz CT molecular complexity index is 785. The molecule has 0 spiro atoms. The highest BCUT2D eigenvalue weighted by Crippen LogP contribution is 2.23. The first-order valence-electron chi connectivity index (χ1n) is 9.59. The van der Waals surface area contributed by atoms with Gasteiger partial charge in [0.15, 0.2) is 6.61 Å². The van der Waals surface area contributed by atoms with Crippen LogP contribution in [-0.2, 0) is 14.3 Å². The largest absolute Gasteiger partial charge is 0.454 e. The van der Waals surface area contributed by atoms with Crippen molar-refractivity contribution in [2.45, 2.75) is 38.3 Å². The van der Waals surface area contributed by atoms with Crippen LogP contribution in [0.2, 0.25) is 0 Å². The van der Waals surface area contributed by atoms with Crippen molar-refractivity contribution < 1.29 is 14.3 Å². The molecule has 7 nitrogen and oxygen atoms in total. The van der Waals surface area contributed by atoms with Gasteiger partial charge in [0.1, 0.15) is 6.04 Å². The number of piperidine rings is 1. The Morgan fingerprint density at radius 1 is 1.18 bits per heavy atom. The first kappa shape index (κ1) is 19.8. The third kappa shape index (κ3) is 4.65. The number of nitrogens with zero attached hydrogens (tertiary/aromatic N) is 4. The predicted octanol–water partition coefficient (Wildman–Crippen LogP) is 2.60. The summed E-state index contributed by atoms with van der Waals surface area (Å²) in [6.07, 6.45) is 5.88. The first-order valence-corrected chi connectivity index (χ1v) is 9.59. The third-order valence-corrected chi connectivity index (χ3v) is 5.18. The fourth-order valence-corrected chi connectivity index (χ4v) is 3.36. The molecule has 0 bridgehead atoms. The van der Waals surface area contributed by atoms with E-state index in [-0.39, 0.29) is 18.6 Å². The summed E-state index contributed by atoms with van der Waals surface area (Å²) in [7, 11) is 1.72. The Labute approximate surface area is 165 Å². The van der Waals surface area contributed by atoms with E-state index in [2.05, 4.69) is 9.97 Å². The molecule has 2 aromatic rings. The van der Waals surface area contributed by atoms with Crippen molar-refractivity contribution in [1.29, 1.82) is 0 Å². The lowest BCUT2D eigenvalue weighted by molar-refractivity contribution is -0.153. The van der Waals surface area contributed by atoms with E-state index in [0.717, 1.165) is 18.4 Å². The minimum atomic E-state index is -0.458. The number of benzene rings is 1. The van der Waals surface area contributed by atoms with E-state index in [1.165, 1.54) is 0 Å². The van der Waals surface area contributed by atoms with Crippen LogP contribution in [-0.4, -0.2) is 53.0 Å². The minimum Gasteiger partial charge on any atom is -0.454 e. The number of hydrogen-bond acceptors (Lipinski definition) is 6. The Morgan fingerprint density at radius 3 is 2.61 bits per heavy atom. The summed E-state index contributed by atoms with van der Waals surface area (Å²) in [4.78, 5) is 37.1.